The molecule has 1 fully saturated rings. The maximum Gasteiger partial charge on any atom is 0.00926 e. The molecule has 1 saturated carbocycles. The topological polar surface area (TPSA) is 12.0 Å². The molecule has 1 aliphatic rings. The van der Waals surface area contributed by atoms with Crippen molar-refractivity contribution >= 4 is 0 Å². The van der Waals surface area contributed by atoms with Gasteiger partial charge in [0.15, 0.2) is 0 Å². The van der Waals surface area contributed by atoms with Gasteiger partial charge < -0.3 is 5.32 Å². The van der Waals surface area contributed by atoms with Gasteiger partial charge >= 0.3 is 0 Å². The molecule has 1 N–H and O–H groups in total. The SMILES string of the molecule is CCCCC(CC)CC1CC(C)CCC1NC. The molecule has 17 heavy (non-hydrogen) atoms. The highest BCUT2D eigenvalue weighted by molar-refractivity contribution is 4.84. The van der Waals surface area contributed by atoms with Gasteiger partial charge in [-0.3, -0.25) is 0 Å². The molecule has 0 aromatic heterocycles. The molecule has 0 aliphatic heterocycles. The first kappa shape index (κ1) is 15.0. The van der Waals surface area contributed by atoms with Crippen molar-refractivity contribution in [1.29, 1.82) is 0 Å². The summed E-state index contributed by atoms with van der Waals surface area (Å²) in [4.78, 5) is 0. The second-order valence-corrected chi connectivity index (χ2v) is 6.23. The molecule has 4 atom stereocenters. The third-order valence-corrected chi connectivity index (χ3v) is 4.79. The van der Waals surface area contributed by atoms with Crippen LogP contribution >= 0.6 is 0 Å². The lowest BCUT2D eigenvalue weighted by Crippen LogP contribution is -2.39. The van der Waals surface area contributed by atoms with Crippen LogP contribution in [0.5, 0.6) is 0 Å². The zero-order chi connectivity index (χ0) is 12.7. The zero-order valence-corrected chi connectivity index (χ0v) is 12.5. The van der Waals surface area contributed by atoms with Crippen molar-refractivity contribution in [2.45, 2.75) is 78.2 Å². The average Bonchev–Trinajstić information content (AvgIpc) is 2.34. The van der Waals surface area contributed by atoms with E-state index < -0.39 is 0 Å². The Morgan fingerprint density at radius 3 is 2.59 bits per heavy atom. The lowest BCUT2D eigenvalue weighted by molar-refractivity contribution is 0.181. The summed E-state index contributed by atoms with van der Waals surface area (Å²) >= 11 is 0. The Kier molecular flexibility index (Phi) is 7.18. The third-order valence-electron chi connectivity index (χ3n) is 4.79. The molecule has 0 amide bonds. The fraction of sp³-hybridized carbons (Fsp3) is 1.00. The van der Waals surface area contributed by atoms with Crippen LogP contribution < -0.4 is 5.32 Å². The van der Waals surface area contributed by atoms with Crippen LogP contribution in [0.15, 0.2) is 0 Å². The van der Waals surface area contributed by atoms with Crippen LogP contribution in [-0.2, 0) is 0 Å². The summed E-state index contributed by atoms with van der Waals surface area (Å²) in [6.45, 7) is 7.12. The lowest BCUT2D eigenvalue weighted by Gasteiger charge is -2.36. The van der Waals surface area contributed by atoms with E-state index in [9.17, 15) is 0 Å². The van der Waals surface area contributed by atoms with Crippen molar-refractivity contribution < 1.29 is 0 Å². The van der Waals surface area contributed by atoms with Crippen molar-refractivity contribution in [3.8, 4) is 0 Å². The van der Waals surface area contributed by atoms with Crippen LogP contribution in [0.1, 0.15) is 72.1 Å². The second kappa shape index (κ2) is 8.13. The Hall–Kier alpha value is -0.0400. The molecule has 0 spiro atoms. The first-order valence-corrected chi connectivity index (χ1v) is 7.88. The van der Waals surface area contributed by atoms with Gasteiger partial charge in [0, 0.05) is 6.04 Å². The van der Waals surface area contributed by atoms with Gasteiger partial charge in [-0.15, -0.1) is 0 Å². The van der Waals surface area contributed by atoms with Crippen molar-refractivity contribution in [1.82, 2.24) is 5.32 Å². The maximum atomic E-state index is 3.56. The standard InChI is InChI=1S/C16H33N/c1-5-7-8-14(6-2)12-15-11-13(3)9-10-16(15)17-4/h13-17H,5-12H2,1-4H3. The molecule has 1 rings (SSSR count). The van der Waals surface area contributed by atoms with Crippen LogP contribution in [0, 0.1) is 17.8 Å². The molecule has 1 heteroatoms. The van der Waals surface area contributed by atoms with E-state index >= 15 is 0 Å². The summed E-state index contributed by atoms with van der Waals surface area (Å²) in [5.41, 5.74) is 0. The average molecular weight is 239 g/mol. The molecule has 0 bridgehead atoms. The Balaban J connectivity index is 2.43. The molecule has 0 aromatic carbocycles. The molecule has 0 aromatic rings. The Morgan fingerprint density at radius 1 is 1.24 bits per heavy atom. The van der Waals surface area contributed by atoms with E-state index in [1.165, 1.54) is 51.4 Å². The number of hydrogen-bond donors (Lipinski definition) is 1. The fourth-order valence-electron chi connectivity index (χ4n) is 3.55. The number of nitrogens with one attached hydrogen (secondary N) is 1. The van der Waals surface area contributed by atoms with Gasteiger partial charge in [0.05, 0.1) is 0 Å². The highest BCUT2D eigenvalue weighted by atomic mass is 14.9. The molecule has 102 valence electrons. The fourth-order valence-corrected chi connectivity index (χ4v) is 3.55. The Morgan fingerprint density at radius 2 is 2.00 bits per heavy atom. The highest BCUT2D eigenvalue weighted by Crippen LogP contribution is 2.35. The van der Waals surface area contributed by atoms with Crippen LogP contribution in [-0.4, -0.2) is 13.1 Å². The summed E-state index contributed by atoms with van der Waals surface area (Å²) in [6, 6.07) is 0.793. The first-order valence-electron chi connectivity index (χ1n) is 7.88. The van der Waals surface area contributed by atoms with Gasteiger partial charge in [0.1, 0.15) is 0 Å². The van der Waals surface area contributed by atoms with Gasteiger partial charge in [-0.05, 0) is 50.5 Å². The predicted molar refractivity (Wildman–Crippen MR) is 77.3 cm³/mol. The second-order valence-electron chi connectivity index (χ2n) is 6.23. The summed E-state index contributed by atoms with van der Waals surface area (Å²) in [6.07, 6.45) is 11.3. The van der Waals surface area contributed by atoms with Crippen LogP contribution in [0.2, 0.25) is 0 Å². The van der Waals surface area contributed by atoms with Crippen molar-refractivity contribution in [2.24, 2.45) is 17.8 Å². The smallest absolute Gasteiger partial charge is 0.00926 e. The van der Waals surface area contributed by atoms with E-state index in [2.05, 4.69) is 33.1 Å². The highest BCUT2D eigenvalue weighted by Gasteiger charge is 2.28. The summed E-state index contributed by atoms with van der Waals surface area (Å²) in [5, 5.41) is 3.56. The van der Waals surface area contributed by atoms with Crippen LogP contribution in [0.25, 0.3) is 0 Å². The normalized spacial score (nSPS) is 31.4. The van der Waals surface area contributed by atoms with E-state index in [-0.39, 0.29) is 0 Å². The lowest BCUT2D eigenvalue weighted by atomic mass is 9.74. The number of rotatable bonds is 7. The van der Waals surface area contributed by atoms with Crippen molar-refractivity contribution in [2.75, 3.05) is 7.05 Å². The minimum absolute atomic E-state index is 0.793. The summed E-state index contributed by atoms with van der Waals surface area (Å²) < 4.78 is 0. The quantitative estimate of drug-likeness (QED) is 0.683. The van der Waals surface area contributed by atoms with E-state index in [1.807, 2.05) is 0 Å². The summed E-state index contributed by atoms with van der Waals surface area (Å²) in [7, 11) is 2.15. The first-order chi connectivity index (χ1) is 8.21. The minimum atomic E-state index is 0.793. The van der Waals surface area contributed by atoms with E-state index in [0.29, 0.717) is 0 Å². The van der Waals surface area contributed by atoms with E-state index in [1.54, 1.807) is 0 Å². The monoisotopic (exact) mass is 239 g/mol. The molecular formula is C16H33N. The van der Waals surface area contributed by atoms with E-state index in [0.717, 1.165) is 23.8 Å². The zero-order valence-electron chi connectivity index (χ0n) is 12.5. The molecule has 1 nitrogen and oxygen atoms in total. The van der Waals surface area contributed by atoms with Gasteiger partial charge in [0.2, 0.25) is 0 Å². The third kappa shape index (κ3) is 4.99. The molecule has 4 unspecified atom stereocenters. The van der Waals surface area contributed by atoms with Crippen molar-refractivity contribution in [3.05, 3.63) is 0 Å². The van der Waals surface area contributed by atoms with Gasteiger partial charge in [0.25, 0.3) is 0 Å². The van der Waals surface area contributed by atoms with Gasteiger partial charge in [-0.2, -0.15) is 0 Å². The van der Waals surface area contributed by atoms with Crippen LogP contribution in [0.3, 0.4) is 0 Å². The predicted octanol–water partition coefficient (Wildman–Crippen LogP) is 4.62. The maximum absolute atomic E-state index is 3.56. The van der Waals surface area contributed by atoms with Crippen molar-refractivity contribution in [3.63, 3.8) is 0 Å². The molecule has 1 aliphatic carbocycles. The van der Waals surface area contributed by atoms with Crippen LogP contribution in [0.4, 0.5) is 0 Å². The van der Waals surface area contributed by atoms with Gasteiger partial charge in [-0.25, -0.2) is 0 Å². The number of unbranched alkanes of at least 4 members (excludes halogenated alkanes) is 1. The van der Waals surface area contributed by atoms with E-state index in [4.69, 9.17) is 0 Å². The molecular weight excluding hydrogens is 206 g/mol. The number of hydrogen-bond acceptors (Lipinski definition) is 1. The minimum Gasteiger partial charge on any atom is -0.317 e. The summed E-state index contributed by atoms with van der Waals surface area (Å²) in [5.74, 6) is 2.86. The largest absolute Gasteiger partial charge is 0.317 e. The van der Waals surface area contributed by atoms with Gasteiger partial charge in [-0.1, -0.05) is 46.5 Å². The Bertz CT molecular complexity index is 190. The molecule has 0 saturated heterocycles. The molecule has 0 radical (unpaired) electrons. The molecule has 0 heterocycles. The Labute approximate surface area is 109 Å².